The number of benzene rings is 1. The average molecular weight is 1050 g/mol. The number of rotatable bonds is 2. The third-order valence-corrected chi connectivity index (χ3v) is 6.01. The molecule has 22 heteroatoms. The molecule has 7 aromatic rings. The summed E-state index contributed by atoms with van der Waals surface area (Å²) in [5.41, 5.74) is 5.58. The Hall–Kier alpha value is -4.22. The number of pyridine rings is 6. The SMILES string of the molecule is Brc1cnc2c(ccc3cccnc32)c1.F[P-](F)(F)(F)(F)F.F[P-](F)(F)(F)(F)F.[Os+2].c1ccc(-c2ccccn2)nc1.c1ccc(-c2ccccn2)nc1. The quantitative estimate of drug-likeness (QED) is 0.0975. The monoisotopic (exact) mass is 1050 g/mol. The standard InChI is InChI=1S/C12H7BrN2.2C10H8N2.2F6P.Os/c13-10-6-9-4-3-8-2-1-5-14-11(8)12(9)15-7-10;2*1-3-7-11-9(5-1)10-6-2-4-8-12-10;2*1-7(2,3,4,5)6;/h1-7H;2*1-8H;;;/q;;;2*-1;+2. The average Bonchev–Trinajstić information content (AvgIpc) is 3.07. The maximum Gasteiger partial charge on any atom is 2.00 e. The van der Waals surface area contributed by atoms with Crippen molar-refractivity contribution >= 4 is 53.4 Å². The van der Waals surface area contributed by atoms with Crippen molar-refractivity contribution in [1.82, 2.24) is 29.9 Å². The molecule has 7 rings (SSSR count). The van der Waals surface area contributed by atoms with E-state index >= 15 is 0 Å². The van der Waals surface area contributed by atoms with E-state index in [0.29, 0.717) is 0 Å². The van der Waals surface area contributed by atoms with Gasteiger partial charge in [-0.25, -0.2) is 0 Å². The fourth-order valence-corrected chi connectivity index (χ4v) is 4.12. The van der Waals surface area contributed by atoms with E-state index in [9.17, 15) is 50.4 Å². The number of aromatic nitrogens is 6. The minimum atomic E-state index is -10.7. The summed E-state index contributed by atoms with van der Waals surface area (Å²) in [6.07, 6.45) is 10.7. The Balaban J connectivity index is 0.000000240. The van der Waals surface area contributed by atoms with E-state index in [0.717, 1.165) is 49.1 Å². The van der Waals surface area contributed by atoms with Crippen LogP contribution < -0.4 is 0 Å². The van der Waals surface area contributed by atoms with Gasteiger partial charge in [-0.2, -0.15) is 0 Å². The molecule has 6 aromatic heterocycles. The van der Waals surface area contributed by atoms with Gasteiger partial charge in [0.05, 0.1) is 33.8 Å². The topological polar surface area (TPSA) is 77.3 Å². The molecule has 0 amide bonds. The first-order valence-corrected chi connectivity index (χ1v) is 19.1. The zero-order valence-electron chi connectivity index (χ0n) is 26.6. The summed E-state index contributed by atoms with van der Waals surface area (Å²) in [5.74, 6) is 0. The molecule has 290 valence electrons. The largest absolute Gasteiger partial charge is 2.00 e. The molecule has 1 aromatic carbocycles. The van der Waals surface area contributed by atoms with E-state index < -0.39 is 15.6 Å². The van der Waals surface area contributed by atoms with Gasteiger partial charge in [-0.1, -0.05) is 42.5 Å². The van der Waals surface area contributed by atoms with E-state index in [4.69, 9.17) is 0 Å². The normalized spacial score (nSPS) is 13.4. The molecule has 0 atom stereocenters. The fraction of sp³-hybridized carbons (Fsp3) is 0. The summed E-state index contributed by atoms with van der Waals surface area (Å²) < 4.78 is 119. The number of hydrogen-bond donors (Lipinski definition) is 0. The Morgan fingerprint density at radius 2 is 0.685 bits per heavy atom. The van der Waals surface area contributed by atoms with E-state index in [1.807, 2.05) is 84.9 Å². The maximum atomic E-state index is 9.87. The number of fused-ring (bicyclic) bond motifs is 3. The second-order valence-corrected chi connectivity index (χ2v) is 14.9. The molecule has 0 radical (unpaired) electrons. The summed E-state index contributed by atoms with van der Waals surface area (Å²) in [5, 5.41) is 2.23. The van der Waals surface area contributed by atoms with Crippen molar-refractivity contribution in [3.05, 3.63) is 145 Å². The van der Waals surface area contributed by atoms with Crippen LogP contribution in [-0.4, -0.2) is 29.9 Å². The van der Waals surface area contributed by atoms with Crippen molar-refractivity contribution in [1.29, 1.82) is 0 Å². The first kappa shape index (κ1) is 45.9. The number of hydrogen-bond acceptors (Lipinski definition) is 6. The van der Waals surface area contributed by atoms with Crippen molar-refractivity contribution in [2.75, 3.05) is 0 Å². The first-order chi connectivity index (χ1) is 24.2. The van der Waals surface area contributed by atoms with Crippen molar-refractivity contribution in [3.63, 3.8) is 0 Å². The van der Waals surface area contributed by atoms with Gasteiger partial charge in [0.15, 0.2) is 0 Å². The Bertz CT molecular complexity index is 2030. The van der Waals surface area contributed by atoms with Gasteiger partial charge in [0.1, 0.15) is 0 Å². The smallest absolute Gasteiger partial charge is 0.255 e. The van der Waals surface area contributed by atoms with Gasteiger partial charge in [0.25, 0.3) is 0 Å². The molecule has 0 spiro atoms. The predicted octanol–water partition coefficient (Wildman–Crippen LogP) is 14.6. The molecule has 0 saturated heterocycles. The third kappa shape index (κ3) is 22.1. The van der Waals surface area contributed by atoms with Crippen LogP contribution in [0.5, 0.6) is 0 Å². The first-order valence-electron chi connectivity index (χ1n) is 14.2. The second-order valence-electron chi connectivity index (χ2n) is 10.1. The zero-order chi connectivity index (χ0) is 39.5. The van der Waals surface area contributed by atoms with Crippen LogP contribution >= 0.6 is 31.5 Å². The number of halogens is 13. The summed E-state index contributed by atoms with van der Waals surface area (Å²) >= 11 is 3.41. The molecular formula is C32H23BrF12N6OsP2. The Kier molecular flexibility index (Phi) is 14.2. The minimum Gasteiger partial charge on any atom is -0.255 e. The van der Waals surface area contributed by atoms with Crippen molar-refractivity contribution < 1.29 is 70.2 Å². The molecule has 0 unspecified atom stereocenters. The van der Waals surface area contributed by atoms with Gasteiger partial charge in [-0.15, -0.1) is 0 Å². The van der Waals surface area contributed by atoms with Crippen LogP contribution in [0.15, 0.2) is 145 Å². The number of nitrogens with zero attached hydrogens (tertiary/aromatic N) is 6. The van der Waals surface area contributed by atoms with Gasteiger partial charge < -0.3 is 0 Å². The summed E-state index contributed by atoms with van der Waals surface area (Å²) in [4.78, 5) is 25.5. The van der Waals surface area contributed by atoms with Gasteiger partial charge in [0.2, 0.25) is 0 Å². The second kappa shape index (κ2) is 16.6. The molecule has 6 nitrogen and oxygen atoms in total. The molecule has 0 saturated carbocycles. The molecule has 6 heterocycles. The Labute approximate surface area is 319 Å². The molecule has 0 N–H and O–H groups in total. The summed E-state index contributed by atoms with van der Waals surface area (Å²) in [7, 11) is -21.3. The minimum absolute atomic E-state index is 0. The van der Waals surface area contributed by atoms with Gasteiger partial charge >= 0.3 is 85.8 Å². The van der Waals surface area contributed by atoms with Crippen molar-refractivity contribution in [3.8, 4) is 22.8 Å². The van der Waals surface area contributed by atoms with E-state index in [2.05, 4.69) is 64.0 Å². The predicted molar refractivity (Wildman–Crippen MR) is 187 cm³/mol. The van der Waals surface area contributed by atoms with Crippen molar-refractivity contribution in [2.45, 2.75) is 0 Å². The van der Waals surface area contributed by atoms with Gasteiger partial charge in [0, 0.05) is 52.4 Å². The van der Waals surface area contributed by atoms with Crippen LogP contribution in [0.25, 0.3) is 44.6 Å². The molecule has 0 aliphatic heterocycles. The summed E-state index contributed by atoms with van der Waals surface area (Å²) in [6.45, 7) is 0. The Morgan fingerprint density at radius 3 is 1.02 bits per heavy atom. The van der Waals surface area contributed by atoms with Gasteiger partial charge in [-0.3, -0.25) is 29.9 Å². The van der Waals surface area contributed by atoms with Crippen molar-refractivity contribution in [2.24, 2.45) is 0 Å². The van der Waals surface area contributed by atoms with E-state index in [-0.39, 0.29) is 19.8 Å². The zero-order valence-corrected chi connectivity index (χ0v) is 32.5. The van der Waals surface area contributed by atoms with Crippen LogP contribution in [0, 0.1) is 0 Å². The Morgan fingerprint density at radius 1 is 0.370 bits per heavy atom. The van der Waals surface area contributed by atoms with E-state index in [1.165, 1.54) is 0 Å². The van der Waals surface area contributed by atoms with Gasteiger partial charge in [-0.05, 0) is 76.6 Å². The van der Waals surface area contributed by atoms with Crippen LogP contribution in [0.3, 0.4) is 0 Å². The van der Waals surface area contributed by atoms with Crippen LogP contribution in [-0.2, 0) is 19.8 Å². The molecule has 54 heavy (non-hydrogen) atoms. The molecule has 0 aliphatic rings. The van der Waals surface area contributed by atoms with Crippen LogP contribution in [0.4, 0.5) is 50.4 Å². The third-order valence-electron chi connectivity index (χ3n) is 5.57. The van der Waals surface area contributed by atoms with E-state index in [1.54, 1.807) is 37.2 Å². The summed E-state index contributed by atoms with van der Waals surface area (Å²) in [6, 6.07) is 33.4. The van der Waals surface area contributed by atoms with Crippen LogP contribution in [0.2, 0.25) is 0 Å². The molecule has 0 aliphatic carbocycles. The molecule has 0 fully saturated rings. The maximum absolute atomic E-state index is 10.7. The molecule has 0 bridgehead atoms. The molecular weight excluding hydrogens is 1030 g/mol. The fourth-order valence-electron chi connectivity index (χ4n) is 3.77. The van der Waals surface area contributed by atoms with Crippen LogP contribution in [0.1, 0.15) is 0 Å².